The number of amides is 1. The van der Waals surface area contributed by atoms with Crippen molar-refractivity contribution in [1.29, 1.82) is 0 Å². The number of hydrogen-bond acceptors (Lipinski definition) is 2. The van der Waals surface area contributed by atoms with Crippen LogP contribution in [0.15, 0.2) is 24.5 Å². The first-order valence-corrected chi connectivity index (χ1v) is 4.48. The first kappa shape index (κ1) is 12.9. The quantitative estimate of drug-likeness (QED) is 0.771. The predicted octanol–water partition coefficient (Wildman–Crippen LogP) is 1.99. The molecule has 1 heterocycles. The van der Waals surface area contributed by atoms with Gasteiger partial charge in [-0.3, -0.25) is 9.78 Å². The maximum Gasteiger partial charge on any atom is 0.253 e. The maximum absolute atomic E-state index is 11.7. The molecular weight excluding hydrogens is 200 g/mol. The highest BCUT2D eigenvalue weighted by Gasteiger charge is 2.10. The van der Waals surface area contributed by atoms with Crippen LogP contribution in [0.4, 0.5) is 0 Å². The van der Waals surface area contributed by atoms with E-state index in [9.17, 15) is 4.79 Å². The summed E-state index contributed by atoms with van der Waals surface area (Å²) in [5.41, 5.74) is 0.707. The molecule has 78 valence electrons. The monoisotopic (exact) mass is 214 g/mol. The molecule has 0 aliphatic carbocycles. The second kappa shape index (κ2) is 6.38. The number of rotatable bonds is 3. The van der Waals surface area contributed by atoms with Crippen LogP contribution < -0.4 is 0 Å². The van der Waals surface area contributed by atoms with Crippen molar-refractivity contribution in [3.8, 4) is 0 Å². The van der Waals surface area contributed by atoms with Crippen LogP contribution >= 0.6 is 12.4 Å². The van der Waals surface area contributed by atoms with Crippen LogP contribution in [0.5, 0.6) is 0 Å². The Morgan fingerprint density at radius 1 is 1.29 bits per heavy atom. The molecule has 0 aliphatic heterocycles. The Labute approximate surface area is 90.6 Å². The van der Waals surface area contributed by atoms with Gasteiger partial charge in [-0.15, -0.1) is 12.4 Å². The summed E-state index contributed by atoms with van der Waals surface area (Å²) in [4.78, 5) is 17.4. The highest BCUT2D eigenvalue weighted by atomic mass is 35.5. The highest BCUT2D eigenvalue weighted by Crippen LogP contribution is 2.02. The maximum atomic E-state index is 11.7. The number of pyridine rings is 1. The SMILES string of the molecule is CCN(CC)C(=O)c1ccncc1.Cl. The number of nitrogens with zero attached hydrogens (tertiary/aromatic N) is 2. The van der Waals surface area contributed by atoms with Crippen molar-refractivity contribution >= 4 is 18.3 Å². The Balaban J connectivity index is 0.00000169. The van der Waals surface area contributed by atoms with Gasteiger partial charge in [0, 0.05) is 31.0 Å². The van der Waals surface area contributed by atoms with E-state index in [0.29, 0.717) is 5.56 Å². The van der Waals surface area contributed by atoms with E-state index in [1.54, 1.807) is 29.4 Å². The van der Waals surface area contributed by atoms with Gasteiger partial charge in [-0.05, 0) is 26.0 Å². The first-order chi connectivity index (χ1) is 6.29. The second-order valence-corrected chi connectivity index (χ2v) is 2.71. The van der Waals surface area contributed by atoms with E-state index in [-0.39, 0.29) is 18.3 Å². The molecule has 0 radical (unpaired) electrons. The van der Waals surface area contributed by atoms with Gasteiger partial charge in [-0.25, -0.2) is 0 Å². The molecule has 0 unspecified atom stereocenters. The van der Waals surface area contributed by atoms with Crippen LogP contribution in [0.1, 0.15) is 24.2 Å². The lowest BCUT2D eigenvalue weighted by atomic mass is 10.2. The standard InChI is InChI=1S/C10H14N2O.ClH/c1-3-12(4-2)10(13)9-5-7-11-8-6-9;/h5-8H,3-4H2,1-2H3;1H. The zero-order valence-corrected chi connectivity index (χ0v) is 9.25. The molecular formula is C10H15ClN2O. The zero-order valence-electron chi connectivity index (χ0n) is 8.43. The van der Waals surface area contributed by atoms with Gasteiger partial charge in [-0.2, -0.15) is 0 Å². The summed E-state index contributed by atoms with van der Waals surface area (Å²) in [5.74, 6) is 0.0763. The molecule has 1 aromatic rings. The van der Waals surface area contributed by atoms with Gasteiger partial charge in [0.15, 0.2) is 0 Å². The van der Waals surface area contributed by atoms with Crippen LogP contribution in [0.2, 0.25) is 0 Å². The second-order valence-electron chi connectivity index (χ2n) is 2.71. The molecule has 0 aliphatic rings. The van der Waals surface area contributed by atoms with Gasteiger partial charge in [0.05, 0.1) is 0 Å². The first-order valence-electron chi connectivity index (χ1n) is 4.48. The lowest BCUT2D eigenvalue weighted by molar-refractivity contribution is 0.0773. The van der Waals surface area contributed by atoms with Crippen LogP contribution in [0.25, 0.3) is 0 Å². The third kappa shape index (κ3) is 3.00. The summed E-state index contributed by atoms with van der Waals surface area (Å²) >= 11 is 0. The molecule has 1 aromatic heterocycles. The number of hydrogen-bond donors (Lipinski definition) is 0. The van der Waals surface area contributed by atoms with Gasteiger partial charge < -0.3 is 4.90 Å². The molecule has 0 saturated carbocycles. The fraction of sp³-hybridized carbons (Fsp3) is 0.400. The summed E-state index contributed by atoms with van der Waals surface area (Å²) in [6, 6.07) is 3.47. The van der Waals surface area contributed by atoms with Crippen molar-refractivity contribution in [2.75, 3.05) is 13.1 Å². The van der Waals surface area contributed by atoms with E-state index in [1.807, 2.05) is 13.8 Å². The minimum Gasteiger partial charge on any atom is -0.339 e. The average molecular weight is 215 g/mol. The Hall–Kier alpha value is -1.09. The third-order valence-electron chi connectivity index (χ3n) is 1.98. The van der Waals surface area contributed by atoms with E-state index < -0.39 is 0 Å². The van der Waals surface area contributed by atoms with Crippen molar-refractivity contribution in [2.24, 2.45) is 0 Å². The van der Waals surface area contributed by atoms with Crippen molar-refractivity contribution in [3.63, 3.8) is 0 Å². The summed E-state index contributed by atoms with van der Waals surface area (Å²) in [7, 11) is 0. The largest absolute Gasteiger partial charge is 0.339 e. The Bertz CT molecular complexity index is 273. The molecule has 0 spiro atoms. The summed E-state index contributed by atoms with van der Waals surface area (Å²) < 4.78 is 0. The molecule has 1 rings (SSSR count). The van der Waals surface area contributed by atoms with Crippen LogP contribution in [0, 0.1) is 0 Å². The Morgan fingerprint density at radius 2 is 1.79 bits per heavy atom. The van der Waals surface area contributed by atoms with E-state index in [0.717, 1.165) is 13.1 Å². The smallest absolute Gasteiger partial charge is 0.253 e. The Kier molecular flexibility index (Phi) is 5.88. The summed E-state index contributed by atoms with van der Waals surface area (Å²) in [5, 5.41) is 0. The van der Waals surface area contributed by atoms with E-state index in [2.05, 4.69) is 4.98 Å². The Morgan fingerprint density at radius 3 is 2.21 bits per heavy atom. The molecule has 0 aromatic carbocycles. The van der Waals surface area contributed by atoms with E-state index in [1.165, 1.54) is 0 Å². The highest BCUT2D eigenvalue weighted by molar-refractivity contribution is 5.93. The van der Waals surface area contributed by atoms with Gasteiger partial charge >= 0.3 is 0 Å². The number of carbonyl (C=O) groups excluding carboxylic acids is 1. The van der Waals surface area contributed by atoms with Gasteiger partial charge in [0.25, 0.3) is 5.91 Å². The van der Waals surface area contributed by atoms with Crippen LogP contribution in [-0.2, 0) is 0 Å². The summed E-state index contributed by atoms with van der Waals surface area (Å²) in [6.45, 7) is 5.44. The number of aromatic nitrogens is 1. The molecule has 1 amide bonds. The number of carbonyl (C=O) groups is 1. The average Bonchev–Trinajstić information content (AvgIpc) is 2.21. The lowest BCUT2D eigenvalue weighted by Crippen LogP contribution is -2.30. The van der Waals surface area contributed by atoms with Crippen molar-refractivity contribution in [1.82, 2.24) is 9.88 Å². The van der Waals surface area contributed by atoms with Crippen molar-refractivity contribution < 1.29 is 4.79 Å². The van der Waals surface area contributed by atoms with E-state index in [4.69, 9.17) is 0 Å². The summed E-state index contributed by atoms with van der Waals surface area (Å²) in [6.07, 6.45) is 3.27. The third-order valence-corrected chi connectivity index (χ3v) is 1.98. The fourth-order valence-corrected chi connectivity index (χ4v) is 1.19. The molecule has 14 heavy (non-hydrogen) atoms. The molecule has 3 nitrogen and oxygen atoms in total. The molecule has 4 heteroatoms. The predicted molar refractivity (Wildman–Crippen MR) is 58.7 cm³/mol. The minimum absolute atomic E-state index is 0. The zero-order chi connectivity index (χ0) is 9.68. The molecule has 0 atom stereocenters. The van der Waals surface area contributed by atoms with Crippen LogP contribution in [-0.4, -0.2) is 28.9 Å². The van der Waals surface area contributed by atoms with Crippen molar-refractivity contribution in [3.05, 3.63) is 30.1 Å². The van der Waals surface area contributed by atoms with Gasteiger partial charge in [0.1, 0.15) is 0 Å². The minimum atomic E-state index is 0. The van der Waals surface area contributed by atoms with Crippen molar-refractivity contribution in [2.45, 2.75) is 13.8 Å². The molecule has 0 saturated heterocycles. The van der Waals surface area contributed by atoms with Gasteiger partial charge in [-0.1, -0.05) is 0 Å². The normalized spacial score (nSPS) is 9.00. The van der Waals surface area contributed by atoms with E-state index >= 15 is 0 Å². The fourth-order valence-electron chi connectivity index (χ4n) is 1.19. The molecule has 0 N–H and O–H groups in total. The number of halogens is 1. The lowest BCUT2D eigenvalue weighted by Gasteiger charge is -2.18. The van der Waals surface area contributed by atoms with Gasteiger partial charge in [0.2, 0.25) is 0 Å². The molecule has 0 bridgehead atoms. The topological polar surface area (TPSA) is 33.2 Å². The van der Waals surface area contributed by atoms with Crippen LogP contribution in [0.3, 0.4) is 0 Å². The molecule has 0 fully saturated rings.